The first-order valence-electron chi connectivity index (χ1n) is 7.92. The SMILES string of the molecule is CC(=O)N1C[C@@H](N)CC[C@@H](C(=O)NCCCn2cc(Cl)cn2)C1.Cl. The van der Waals surface area contributed by atoms with Gasteiger partial charge in [0, 0.05) is 45.3 Å². The van der Waals surface area contributed by atoms with Gasteiger partial charge < -0.3 is 16.0 Å². The van der Waals surface area contributed by atoms with Gasteiger partial charge in [0.1, 0.15) is 0 Å². The molecule has 136 valence electrons. The summed E-state index contributed by atoms with van der Waals surface area (Å²) in [5.74, 6) is -0.230. The summed E-state index contributed by atoms with van der Waals surface area (Å²) in [5.41, 5.74) is 5.97. The van der Waals surface area contributed by atoms with Gasteiger partial charge in [0.15, 0.2) is 0 Å². The van der Waals surface area contributed by atoms with Crippen molar-refractivity contribution in [1.82, 2.24) is 20.0 Å². The highest BCUT2D eigenvalue weighted by atomic mass is 35.5. The minimum atomic E-state index is -0.188. The van der Waals surface area contributed by atoms with Crippen molar-refractivity contribution in [1.29, 1.82) is 0 Å². The molecule has 1 aromatic rings. The van der Waals surface area contributed by atoms with Gasteiger partial charge in [-0.3, -0.25) is 14.3 Å². The summed E-state index contributed by atoms with van der Waals surface area (Å²) >= 11 is 5.80. The van der Waals surface area contributed by atoms with Gasteiger partial charge in [-0.2, -0.15) is 5.10 Å². The van der Waals surface area contributed by atoms with Crippen LogP contribution < -0.4 is 11.1 Å². The van der Waals surface area contributed by atoms with Crippen molar-refractivity contribution in [3.63, 3.8) is 0 Å². The number of rotatable bonds is 5. The number of carbonyl (C=O) groups is 2. The Hall–Kier alpha value is -1.31. The summed E-state index contributed by atoms with van der Waals surface area (Å²) in [5, 5.41) is 7.63. The zero-order chi connectivity index (χ0) is 16.8. The molecule has 2 atom stereocenters. The first-order valence-corrected chi connectivity index (χ1v) is 8.30. The molecular formula is C15H25Cl2N5O2. The highest BCUT2D eigenvalue weighted by Gasteiger charge is 2.27. The third kappa shape index (κ3) is 6.30. The van der Waals surface area contributed by atoms with Crippen LogP contribution in [-0.2, 0) is 16.1 Å². The number of hydrogen-bond donors (Lipinski definition) is 2. The summed E-state index contributed by atoms with van der Waals surface area (Å²) in [6.07, 6.45) is 5.58. The molecule has 0 bridgehead atoms. The Balaban J connectivity index is 0.00000288. The third-order valence-corrected chi connectivity index (χ3v) is 4.26. The molecule has 0 saturated carbocycles. The van der Waals surface area contributed by atoms with Gasteiger partial charge in [-0.25, -0.2) is 0 Å². The molecule has 0 unspecified atom stereocenters. The molecule has 9 heteroatoms. The average Bonchev–Trinajstić information content (AvgIpc) is 2.80. The van der Waals surface area contributed by atoms with E-state index >= 15 is 0 Å². The number of amides is 2. The van der Waals surface area contributed by atoms with Crippen molar-refractivity contribution in [3.05, 3.63) is 17.4 Å². The van der Waals surface area contributed by atoms with Crippen LogP contribution in [0.3, 0.4) is 0 Å². The predicted molar refractivity (Wildman–Crippen MR) is 95.1 cm³/mol. The van der Waals surface area contributed by atoms with Gasteiger partial charge >= 0.3 is 0 Å². The maximum atomic E-state index is 12.3. The van der Waals surface area contributed by atoms with E-state index in [1.54, 1.807) is 22.0 Å². The van der Waals surface area contributed by atoms with Gasteiger partial charge in [0.25, 0.3) is 0 Å². The van der Waals surface area contributed by atoms with E-state index in [2.05, 4.69) is 10.4 Å². The lowest BCUT2D eigenvalue weighted by molar-refractivity contribution is -0.131. The van der Waals surface area contributed by atoms with Gasteiger partial charge in [-0.15, -0.1) is 12.4 Å². The monoisotopic (exact) mass is 377 g/mol. The lowest BCUT2D eigenvalue weighted by atomic mass is 10.0. The Bertz CT molecular complexity index is 552. The van der Waals surface area contributed by atoms with Gasteiger partial charge in [-0.05, 0) is 19.3 Å². The van der Waals surface area contributed by atoms with E-state index < -0.39 is 0 Å². The van der Waals surface area contributed by atoms with Gasteiger partial charge in [-0.1, -0.05) is 11.6 Å². The second-order valence-corrected chi connectivity index (χ2v) is 6.46. The smallest absolute Gasteiger partial charge is 0.224 e. The van der Waals surface area contributed by atoms with Crippen molar-refractivity contribution in [2.24, 2.45) is 11.7 Å². The van der Waals surface area contributed by atoms with Crippen molar-refractivity contribution in [2.75, 3.05) is 19.6 Å². The molecule has 0 aromatic carbocycles. The summed E-state index contributed by atoms with van der Waals surface area (Å²) in [4.78, 5) is 25.6. The number of carbonyl (C=O) groups excluding carboxylic acids is 2. The Morgan fingerprint density at radius 1 is 1.42 bits per heavy atom. The molecule has 2 heterocycles. The predicted octanol–water partition coefficient (Wildman–Crippen LogP) is 1.05. The zero-order valence-corrected chi connectivity index (χ0v) is 15.4. The van der Waals surface area contributed by atoms with Crippen LogP contribution in [0.25, 0.3) is 0 Å². The van der Waals surface area contributed by atoms with Crippen LogP contribution in [-0.4, -0.2) is 52.2 Å². The van der Waals surface area contributed by atoms with Gasteiger partial charge in [0.2, 0.25) is 11.8 Å². The Kier molecular flexibility index (Phi) is 8.52. The molecule has 3 N–H and O–H groups in total. The molecule has 0 radical (unpaired) electrons. The van der Waals surface area contributed by atoms with E-state index in [9.17, 15) is 9.59 Å². The second kappa shape index (κ2) is 9.86. The fourth-order valence-corrected chi connectivity index (χ4v) is 2.91. The average molecular weight is 378 g/mol. The van der Waals surface area contributed by atoms with Crippen LogP contribution in [0.1, 0.15) is 26.2 Å². The number of aryl methyl sites for hydroxylation is 1. The van der Waals surface area contributed by atoms with Crippen molar-refractivity contribution >= 4 is 35.8 Å². The van der Waals surface area contributed by atoms with Crippen LogP contribution in [0.2, 0.25) is 5.02 Å². The van der Waals surface area contributed by atoms with Gasteiger partial charge in [0.05, 0.1) is 17.1 Å². The maximum absolute atomic E-state index is 12.3. The number of nitrogens with zero attached hydrogens (tertiary/aromatic N) is 3. The topological polar surface area (TPSA) is 93.2 Å². The number of nitrogens with two attached hydrogens (primary N) is 1. The van der Waals surface area contributed by atoms with E-state index in [0.29, 0.717) is 37.6 Å². The Labute approximate surface area is 153 Å². The quantitative estimate of drug-likeness (QED) is 0.749. The number of aromatic nitrogens is 2. The minimum Gasteiger partial charge on any atom is -0.356 e. The molecule has 0 aliphatic carbocycles. The van der Waals surface area contributed by atoms with Crippen LogP contribution in [0.5, 0.6) is 0 Å². The molecule has 24 heavy (non-hydrogen) atoms. The number of nitrogens with one attached hydrogen (secondary N) is 1. The molecule has 1 fully saturated rings. The molecule has 2 amide bonds. The van der Waals surface area contributed by atoms with Crippen molar-refractivity contribution in [3.8, 4) is 0 Å². The first kappa shape index (κ1) is 20.7. The molecule has 1 aliphatic heterocycles. The molecule has 2 rings (SSSR count). The van der Waals surface area contributed by atoms with E-state index in [4.69, 9.17) is 17.3 Å². The standard InChI is InChI=1S/C15H24ClN5O2.ClH/c1-11(22)20-8-12(3-4-14(17)10-20)15(23)18-5-2-6-21-9-13(16)7-19-21;/h7,9,12,14H,2-6,8,10,17H2,1H3,(H,18,23);1H/t12-,14+;/m1./s1. The fraction of sp³-hybridized carbons (Fsp3) is 0.667. The number of halogens is 2. The first-order chi connectivity index (χ1) is 11.0. The normalized spacial score (nSPS) is 20.9. The fourth-order valence-electron chi connectivity index (χ4n) is 2.75. The summed E-state index contributed by atoms with van der Waals surface area (Å²) in [6.45, 7) is 3.76. The summed E-state index contributed by atoms with van der Waals surface area (Å²) < 4.78 is 1.75. The molecule has 1 aromatic heterocycles. The van der Waals surface area contributed by atoms with Crippen molar-refractivity contribution < 1.29 is 9.59 Å². The van der Waals surface area contributed by atoms with Crippen molar-refractivity contribution in [2.45, 2.75) is 38.8 Å². The maximum Gasteiger partial charge on any atom is 0.224 e. The minimum absolute atomic E-state index is 0. The highest BCUT2D eigenvalue weighted by Crippen LogP contribution is 2.16. The lowest BCUT2D eigenvalue weighted by Crippen LogP contribution is -2.42. The lowest BCUT2D eigenvalue weighted by Gasteiger charge is -2.23. The summed E-state index contributed by atoms with van der Waals surface area (Å²) in [6, 6.07) is -0.0544. The molecular weight excluding hydrogens is 353 g/mol. The van der Waals surface area contributed by atoms with E-state index in [1.165, 1.54) is 6.92 Å². The van der Waals surface area contributed by atoms with E-state index in [0.717, 1.165) is 12.8 Å². The third-order valence-electron chi connectivity index (χ3n) is 4.06. The zero-order valence-electron chi connectivity index (χ0n) is 13.8. The van der Waals surface area contributed by atoms with Crippen LogP contribution in [0.4, 0.5) is 0 Å². The second-order valence-electron chi connectivity index (χ2n) is 6.02. The van der Waals surface area contributed by atoms with E-state index in [1.807, 2.05) is 0 Å². The van der Waals surface area contributed by atoms with Crippen LogP contribution in [0, 0.1) is 5.92 Å². The number of hydrogen-bond acceptors (Lipinski definition) is 4. The molecule has 0 spiro atoms. The molecule has 1 aliphatic rings. The van der Waals surface area contributed by atoms with Crippen LogP contribution >= 0.6 is 24.0 Å². The molecule has 1 saturated heterocycles. The van der Waals surface area contributed by atoms with E-state index in [-0.39, 0.29) is 36.2 Å². The Morgan fingerprint density at radius 3 is 2.79 bits per heavy atom. The number of likely N-dealkylation sites (tertiary alicyclic amines) is 1. The Morgan fingerprint density at radius 2 is 2.17 bits per heavy atom. The largest absolute Gasteiger partial charge is 0.356 e. The highest BCUT2D eigenvalue weighted by molar-refractivity contribution is 6.30. The summed E-state index contributed by atoms with van der Waals surface area (Å²) in [7, 11) is 0. The molecule has 7 nitrogen and oxygen atoms in total. The van der Waals surface area contributed by atoms with Crippen LogP contribution in [0.15, 0.2) is 12.4 Å².